The normalized spacial score (nSPS) is 14.7. The van der Waals surface area contributed by atoms with Gasteiger partial charge in [-0.2, -0.15) is 12.6 Å². The number of rotatable bonds is 41. The molecule has 10 amide bonds. The van der Waals surface area contributed by atoms with Gasteiger partial charge in [-0.05, 0) is 101 Å². The topological polar surface area (TPSA) is 543 Å². The number of phenols is 1. The molecule has 11 atom stereocenters. The van der Waals surface area contributed by atoms with Crippen LogP contribution in [0.4, 0.5) is 0 Å². The fourth-order valence-electron chi connectivity index (χ4n) is 8.45. The molecule has 0 saturated carbocycles. The summed E-state index contributed by atoms with van der Waals surface area (Å²) in [6.07, 6.45) is -3.82. The first kappa shape index (κ1) is 76.4. The van der Waals surface area contributed by atoms with Crippen molar-refractivity contribution in [2.24, 2.45) is 33.8 Å². The van der Waals surface area contributed by atoms with Crippen LogP contribution in [0, 0.1) is 5.92 Å². The summed E-state index contributed by atoms with van der Waals surface area (Å²) in [5.41, 5.74) is 23.6. The minimum absolute atomic E-state index is 0.0297. The number of guanidine groups is 1. The molecule has 32 nitrogen and oxygen atoms in total. The van der Waals surface area contributed by atoms with Gasteiger partial charge in [-0.1, -0.05) is 56.3 Å². The second-order valence-corrected chi connectivity index (χ2v) is 21.7. The van der Waals surface area contributed by atoms with E-state index in [1.165, 1.54) is 31.2 Å². The molecule has 0 saturated heterocycles. The summed E-state index contributed by atoms with van der Waals surface area (Å²) in [6.45, 7) is 4.30. The van der Waals surface area contributed by atoms with Gasteiger partial charge in [0.1, 0.15) is 54.1 Å². The van der Waals surface area contributed by atoms with Gasteiger partial charge >= 0.3 is 11.9 Å². The predicted molar refractivity (Wildman–Crippen MR) is 325 cm³/mol. The Kier molecular flexibility index (Phi) is 34.3. The SMILES string of the molecule is CC(C)C[C@H](NC(=O)[C@H](CS)NC(=O)[C@H](CCCN=C(N)N)NC(=O)[C@H](CCC(=O)O)NC(=O)CNC(=O)[C@@H](NC(=O)[C@H](Cc1ccc(O)cc1)NC(=O)CNC(=O)[C@@H](NC(=O)[C@@H](N)Cc1ccccc1)[C@@H](C)O)[C@@H](C)O)C(=O)N[C@@H](CCCCN)C(=O)O. The third-order valence-electron chi connectivity index (χ3n) is 13.2. The van der Waals surface area contributed by atoms with Crippen LogP contribution in [0.15, 0.2) is 59.6 Å². The number of nitrogens with two attached hydrogens (primary N) is 4. The number of nitrogens with one attached hydrogen (secondary N) is 10. The molecule has 0 aliphatic rings. The van der Waals surface area contributed by atoms with Crippen LogP contribution in [0.1, 0.15) is 90.2 Å². The number of carboxylic acid groups (broad SMARTS) is 2. The third kappa shape index (κ3) is 29.7. The highest BCUT2D eigenvalue weighted by atomic mass is 32.1. The number of aromatic hydroxyl groups is 1. The number of nitrogens with zero attached hydrogens (tertiary/aromatic N) is 1. The van der Waals surface area contributed by atoms with Crippen LogP contribution in [-0.4, -0.2) is 201 Å². The number of aliphatic hydroxyl groups is 2. The lowest BCUT2D eigenvalue weighted by atomic mass is 10.0. The summed E-state index contributed by atoms with van der Waals surface area (Å²) >= 11 is 4.21. The molecule has 89 heavy (non-hydrogen) atoms. The number of phenolic OH excluding ortho intramolecular Hbond substituents is 1. The van der Waals surface area contributed by atoms with Crippen LogP contribution in [0.2, 0.25) is 0 Å². The molecule has 0 aliphatic carbocycles. The number of aliphatic hydroxyl groups excluding tert-OH is 2. The van der Waals surface area contributed by atoms with Crippen LogP contribution >= 0.6 is 12.6 Å². The van der Waals surface area contributed by atoms with Gasteiger partial charge in [0, 0.05) is 25.1 Å². The Balaban J connectivity index is 2.28. The van der Waals surface area contributed by atoms with Gasteiger partial charge in [0.2, 0.25) is 59.1 Å². The van der Waals surface area contributed by atoms with Crippen LogP contribution in [-0.2, 0) is 70.4 Å². The molecule has 23 N–H and O–H groups in total. The average Bonchev–Trinajstić information content (AvgIpc) is 2.79. The van der Waals surface area contributed by atoms with E-state index in [2.05, 4.69) is 70.8 Å². The van der Waals surface area contributed by atoms with E-state index in [1.54, 1.807) is 44.2 Å². The van der Waals surface area contributed by atoms with E-state index in [0.717, 1.165) is 12.5 Å². The molecule has 2 aromatic rings. The van der Waals surface area contributed by atoms with Gasteiger partial charge in [-0.15, -0.1) is 0 Å². The van der Waals surface area contributed by atoms with Crippen molar-refractivity contribution in [1.82, 2.24) is 53.2 Å². The smallest absolute Gasteiger partial charge is 0.326 e. The number of aliphatic imine (C=N–C) groups is 1. The summed E-state index contributed by atoms with van der Waals surface area (Å²) in [5.74, 6) is -13.6. The maximum atomic E-state index is 14.0. The number of benzene rings is 2. The van der Waals surface area contributed by atoms with Crippen molar-refractivity contribution in [3.05, 3.63) is 65.7 Å². The van der Waals surface area contributed by atoms with E-state index in [4.69, 9.17) is 22.9 Å². The molecule has 2 aromatic carbocycles. The second-order valence-electron chi connectivity index (χ2n) is 21.4. The molecule has 0 heterocycles. The van der Waals surface area contributed by atoms with Crippen LogP contribution in [0.5, 0.6) is 5.75 Å². The van der Waals surface area contributed by atoms with Crippen LogP contribution < -0.4 is 76.1 Å². The lowest BCUT2D eigenvalue weighted by molar-refractivity contribution is -0.142. The Morgan fingerprint density at radius 2 is 0.989 bits per heavy atom. The number of hydrogen-bond acceptors (Lipinski definition) is 19. The van der Waals surface area contributed by atoms with Crippen LogP contribution in [0.3, 0.4) is 0 Å². The van der Waals surface area contributed by atoms with Crippen molar-refractivity contribution in [2.75, 3.05) is 31.9 Å². The molecule has 33 heteroatoms. The first-order valence-corrected chi connectivity index (χ1v) is 29.3. The Morgan fingerprint density at radius 1 is 0.528 bits per heavy atom. The molecule has 0 aliphatic heterocycles. The van der Waals surface area contributed by atoms with Gasteiger partial charge in [-0.25, -0.2) is 4.79 Å². The molecule has 0 aromatic heterocycles. The zero-order valence-electron chi connectivity index (χ0n) is 50.1. The minimum atomic E-state index is -1.84. The summed E-state index contributed by atoms with van der Waals surface area (Å²) in [4.78, 5) is 163. The quantitative estimate of drug-likeness (QED) is 0.0128. The van der Waals surface area contributed by atoms with E-state index in [0.29, 0.717) is 24.9 Å². The van der Waals surface area contributed by atoms with Crippen molar-refractivity contribution < 1.29 is 83.1 Å². The number of hydrogen-bond donors (Lipinski definition) is 20. The third-order valence-corrected chi connectivity index (χ3v) is 13.6. The number of carbonyl (C=O) groups is 12. The fourth-order valence-corrected chi connectivity index (χ4v) is 8.71. The van der Waals surface area contributed by atoms with Crippen molar-refractivity contribution in [3.63, 3.8) is 0 Å². The minimum Gasteiger partial charge on any atom is -0.508 e. The van der Waals surface area contributed by atoms with Crippen molar-refractivity contribution in [2.45, 2.75) is 158 Å². The first-order valence-electron chi connectivity index (χ1n) is 28.7. The lowest BCUT2D eigenvalue weighted by Crippen LogP contribution is -2.60. The summed E-state index contributed by atoms with van der Waals surface area (Å²) in [5, 5.41) is 73.9. The van der Waals surface area contributed by atoms with Crippen molar-refractivity contribution in [3.8, 4) is 5.75 Å². The second kappa shape index (κ2) is 40.0. The molecule has 0 bridgehead atoms. The molecular formula is C56H87N15O17S. The van der Waals surface area contributed by atoms with Crippen molar-refractivity contribution in [1.29, 1.82) is 0 Å². The maximum absolute atomic E-state index is 14.0. The Hall–Kier alpha value is -8.66. The van der Waals surface area contributed by atoms with E-state index in [-0.39, 0.29) is 68.4 Å². The Labute approximate surface area is 519 Å². The predicted octanol–water partition coefficient (Wildman–Crippen LogP) is -5.52. The van der Waals surface area contributed by atoms with Gasteiger partial charge < -0.3 is 102 Å². The molecule has 494 valence electrons. The molecule has 2 rings (SSSR count). The average molecular weight is 1270 g/mol. The van der Waals surface area contributed by atoms with E-state index < -0.39 is 164 Å². The fraction of sp³-hybridized carbons (Fsp3) is 0.554. The van der Waals surface area contributed by atoms with Gasteiger partial charge in [-0.3, -0.25) is 57.7 Å². The van der Waals surface area contributed by atoms with Crippen molar-refractivity contribution >= 4 is 89.6 Å². The molecular weight excluding hydrogens is 1190 g/mol. The number of carbonyl (C=O) groups excluding carboxylic acids is 10. The molecule has 0 unspecified atom stereocenters. The highest BCUT2D eigenvalue weighted by molar-refractivity contribution is 7.80. The van der Waals surface area contributed by atoms with Gasteiger partial charge in [0.15, 0.2) is 5.96 Å². The standard InChI is InChI=1S/C56H87N15O17S/c1-29(2)23-39(50(82)67-38(55(87)88)13-8-9-21-57)68-52(84)41(28-89)69-48(80)36(14-10-22-61-56(59)60)66-49(81)37(19-20-44(77)78)64-42(75)26-62-54(86)46(31(4)73)71-51(83)40(25-33-15-17-34(74)18-16-33)65-43(76)27-63-53(85)45(30(3)72)70-47(79)35(58)24-32-11-6-5-7-12-32/h5-7,11-12,15-18,29-31,35-41,45-46,72-74,89H,8-10,13-14,19-28,57-58H2,1-4H3,(H,62,86)(H,63,85)(H,64,75)(H,65,76)(H,66,81)(H,67,82)(H,68,84)(H,69,80)(H,70,79)(H,71,83)(H,77,78)(H,87,88)(H4,59,60,61)/t30-,31-,35+,36+,37+,38+,39+,40+,41+,45+,46+/m1/s1. The highest BCUT2D eigenvalue weighted by Gasteiger charge is 2.35. The zero-order chi connectivity index (χ0) is 66.9. The van der Waals surface area contributed by atoms with E-state index >= 15 is 0 Å². The maximum Gasteiger partial charge on any atom is 0.326 e. The highest BCUT2D eigenvalue weighted by Crippen LogP contribution is 2.14. The van der Waals surface area contributed by atoms with Gasteiger partial charge in [0.25, 0.3) is 0 Å². The first-order chi connectivity index (χ1) is 42.0. The Morgan fingerprint density at radius 3 is 1.49 bits per heavy atom. The number of unbranched alkanes of at least 4 members (excludes halogenated alkanes) is 1. The number of carboxylic acids is 2. The lowest BCUT2D eigenvalue weighted by Gasteiger charge is -2.27. The van der Waals surface area contributed by atoms with Crippen LogP contribution in [0.25, 0.3) is 0 Å². The van der Waals surface area contributed by atoms with E-state index in [1.807, 2.05) is 0 Å². The summed E-state index contributed by atoms with van der Waals surface area (Å²) in [6, 6.07) is 0.784. The number of amides is 10. The molecule has 0 spiro atoms. The summed E-state index contributed by atoms with van der Waals surface area (Å²) in [7, 11) is 0. The van der Waals surface area contributed by atoms with Gasteiger partial charge in [0.05, 0.1) is 31.3 Å². The monoisotopic (exact) mass is 1270 g/mol. The largest absolute Gasteiger partial charge is 0.508 e. The molecule has 0 fully saturated rings. The van der Waals surface area contributed by atoms with E-state index in [9.17, 15) is 83.1 Å². The number of thiol groups is 1. The molecule has 0 radical (unpaired) electrons. The number of aliphatic carboxylic acids is 2. The Bertz CT molecular complexity index is 2720. The summed E-state index contributed by atoms with van der Waals surface area (Å²) < 4.78 is 0. The zero-order valence-corrected chi connectivity index (χ0v) is 51.0.